The highest BCUT2D eigenvalue weighted by Gasteiger charge is 2.19. The molecule has 0 radical (unpaired) electrons. The molecule has 1 fully saturated rings. The Hall–Kier alpha value is -2.38. The quantitative estimate of drug-likeness (QED) is 0.703. The van der Waals surface area contributed by atoms with E-state index in [2.05, 4.69) is 21.0 Å². The predicted octanol–water partition coefficient (Wildman–Crippen LogP) is 2.09. The lowest BCUT2D eigenvalue weighted by atomic mass is 9.98. The molecule has 3 N–H and O–H groups in total. The van der Waals surface area contributed by atoms with Crippen molar-refractivity contribution in [3.8, 4) is 0 Å². The molecule has 146 valence electrons. The van der Waals surface area contributed by atoms with Gasteiger partial charge < -0.3 is 16.0 Å². The van der Waals surface area contributed by atoms with Crippen molar-refractivity contribution in [2.24, 2.45) is 5.92 Å². The molecule has 27 heavy (non-hydrogen) atoms. The van der Waals surface area contributed by atoms with Gasteiger partial charge in [0.15, 0.2) is 0 Å². The zero-order valence-electron chi connectivity index (χ0n) is 15.6. The molecule has 2 amide bonds. The van der Waals surface area contributed by atoms with Crippen LogP contribution in [0.3, 0.4) is 0 Å². The number of carbonyl (C=O) groups excluding carboxylic acids is 2. The fraction of sp³-hybridized carbons (Fsp3) is 0.421. The summed E-state index contributed by atoms with van der Waals surface area (Å²) in [7, 11) is 1.55. The van der Waals surface area contributed by atoms with E-state index in [1.165, 1.54) is 18.2 Å². The molecule has 0 bridgehead atoms. The second-order valence-electron chi connectivity index (χ2n) is 6.52. The number of aryl methyl sites for hydroxylation is 1. The van der Waals surface area contributed by atoms with Gasteiger partial charge in [-0.25, -0.2) is 4.68 Å². The highest BCUT2D eigenvalue weighted by atomic mass is 35.5. The second-order valence-corrected chi connectivity index (χ2v) is 6.52. The largest absolute Gasteiger partial charge is 0.355 e. The standard InChI is InChI=1S/C19H25N5O2.ClH/c1-3-24-17(16(12-22-24)19(26)20-2)23-18(25)15-6-4-13(5-7-15)10-14-8-9-21-11-14;/h4-7,12,14,21H,3,8-11H2,1-2H3,(H,20,26)(H,23,25);1H. The Labute approximate surface area is 165 Å². The summed E-state index contributed by atoms with van der Waals surface area (Å²) in [5.41, 5.74) is 2.15. The molecular weight excluding hydrogens is 366 g/mol. The lowest BCUT2D eigenvalue weighted by Crippen LogP contribution is -2.22. The Morgan fingerprint density at radius 2 is 2.00 bits per heavy atom. The van der Waals surface area contributed by atoms with E-state index in [4.69, 9.17) is 0 Å². The maximum atomic E-state index is 12.6. The summed E-state index contributed by atoms with van der Waals surface area (Å²) < 4.78 is 1.60. The average Bonchev–Trinajstić information content (AvgIpc) is 3.31. The summed E-state index contributed by atoms with van der Waals surface area (Å²) >= 11 is 0. The lowest BCUT2D eigenvalue weighted by molar-refractivity contribution is 0.0964. The van der Waals surface area contributed by atoms with Crippen LogP contribution in [0.1, 0.15) is 39.6 Å². The van der Waals surface area contributed by atoms with Gasteiger partial charge in [-0.15, -0.1) is 12.4 Å². The van der Waals surface area contributed by atoms with Gasteiger partial charge in [-0.3, -0.25) is 9.59 Å². The number of nitrogens with zero attached hydrogens (tertiary/aromatic N) is 2. The van der Waals surface area contributed by atoms with Crippen LogP contribution < -0.4 is 16.0 Å². The maximum Gasteiger partial charge on any atom is 0.256 e. The third-order valence-electron chi connectivity index (χ3n) is 4.75. The number of nitrogens with one attached hydrogen (secondary N) is 3. The molecule has 0 aliphatic carbocycles. The van der Waals surface area contributed by atoms with E-state index in [1.54, 1.807) is 11.7 Å². The third-order valence-corrected chi connectivity index (χ3v) is 4.75. The summed E-state index contributed by atoms with van der Waals surface area (Å²) in [6.07, 6.45) is 3.69. The topological polar surface area (TPSA) is 88.1 Å². The molecule has 8 heteroatoms. The van der Waals surface area contributed by atoms with Crippen LogP contribution in [0.15, 0.2) is 30.5 Å². The van der Waals surface area contributed by atoms with Gasteiger partial charge in [0, 0.05) is 19.2 Å². The van der Waals surface area contributed by atoms with E-state index >= 15 is 0 Å². The van der Waals surface area contributed by atoms with E-state index in [9.17, 15) is 9.59 Å². The highest BCUT2D eigenvalue weighted by molar-refractivity contribution is 6.08. The van der Waals surface area contributed by atoms with Crippen molar-refractivity contribution < 1.29 is 9.59 Å². The molecule has 1 saturated heterocycles. The number of rotatable bonds is 6. The van der Waals surface area contributed by atoms with E-state index in [1.807, 2.05) is 31.2 Å². The van der Waals surface area contributed by atoms with Crippen LogP contribution in [0, 0.1) is 5.92 Å². The fourth-order valence-corrected chi connectivity index (χ4v) is 3.25. The van der Waals surface area contributed by atoms with Gasteiger partial charge in [-0.05, 0) is 56.5 Å². The zero-order chi connectivity index (χ0) is 18.5. The predicted molar refractivity (Wildman–Crippen MR) is 108 cm³/mol. The molecular formula is C19H26ClN5O2. The van der Waals surface area contributed by atoms with Crippen LogP contribution in [0.2, 0.25) is 0 Å². The summed E-state index contributed by atoms with van der Waals surface area (Å²) in [6, 6.07) is 7.67. The van der Waals surface area contributed by atoms with Gasteiger partial charge in [0.2, 0.25) is 0 Å². The van der Waals surface area contributed by atoms with E-state index in [0.29, 0.717) is 29.4 Å². The van der Waals surface area contributed by atoms with Crippen LogP contribution >= 0.6 is 12.4 Å². The molecule has 1 atom stereocenters. The summed E-state index contributed by atoms with van der Waals surface area (Å²) in [5, 5.41) is 12.9. The first-order valence-corrected chi connectivity index (χ1v) is 9.01. The van der Waals surface area contributed by atoms with Crippen LogP contribution in [0.4, 0.5) is 5.82 Å². The van der Waals surface area contributed by atoms with Gasteiger partial charge in [-0.2, -0.15) is 5.10 Å². The van der Waals surface area contributed by atoms with Crippen LogP contribution in [0.25, 0.3) is 0 Å². The summed E-state index contributed by atoms with van der Waals surface area (Å²) in [4.78, 5) is 24.6. The Balaban J connectivity index is 0.00000261. The number of aromatic nitrogens is 2. The van der Waals surface area contributed by atoms with Crippen molar-refractivity contribution in [2.45, 2.75) is 26.3 Å². The normalized spacial score (nSPS) is 15.9. The molecule has 1 aliphatic heterocycles. The molecule has 0 saturated carbocycles. The van der Waals surface area contributed by atoms with Gasteiger partial charge in [-0.1, -0.05) is 12.1 Å². The zero-order valence-corrected chi connectivity index (χ0v) is 16.4. The molecule has 0 spiro atoms. The van der Waals surface area contributed by atoms with E-state index in [-0.39, 0.29) is 24.2 Å². The van der Waals surface area contributed by atoms with Gasteiger partial charge in [0.05, 0.1) is 6.20 Å². The van der Waals surface area contributed by atoms with Crippen LogP contribution in [-0.4, -0.2) is 41.7 Å². The van der Waals surface area contributed by atoms with Crippen molar-refractivity contribution in [2.75, 3.05) is 25.5 Å². The van der Waals surface area contributed by atoms with Gasteiger partial charge in [0.1, 0.15) is 11.4 Å². The van der Waals surface area contributed by atoms with Crippen molar-refractivity contribution in [3.05, 3.63) is 47.2 Å². The van der Waals surface area contributed by atoms with Crippen molar-refractivity contribution in [3.63, 3.8) is 0 Å². The van der Waals surface area contributed by atoms with Gasteiger partial charge >= 0.3 is 0 Å². The Kier molecular flexibility index (Phi) is 7.38. The van der Waals surface area contributed by atoms with Crippen molar-refractivity contribution >= 4 is 30.0 Å². The molecule has 3 rings (SSSR count). The Morgan fingerprint density at radius 1 is 1.26 bits per heavy atom. The van der Waals surface area contributed by atoms with Crippen LogP contribution in [-0.2, 0) is 13.0 Å². The second kappa shape index (κ2) is 9.53. The fourth-order valence-electron chi connectivity index (χ4n) is 3.25. The van der Waals surface area contributed by atoms with E-state index < -0.39 is 0 Å². The van der Waals surface area contributed by atoms with Gasteiger partial charge in [0.25, 0.3) is 11.8 Å². The number of hydrogen-bond donors (Lipinski definition) is 3. The first-order valence-electron chi connectivity index (χ1n) is 9.01. The summed E-state index contributed by atoms with van der Waals surface area (Å²) in [6.45, 7) is 4.61. The highest BCUT2D eigenvalue weighted by Crippen LogP contribution is 2.18. The first-order chi connectivity index (χ1) is 12.6. The minimum atomic E-state index is -0.277. The number of anilines is 1. The SMILES string of the molecule is CCn1ncc(C(=O)NC)c1NC(=O)c1ccc(CC2CCNC2)cc1.Cl. The molecule has 1 aliphatic rings. The monoisotopic (exact) mass is 391 g/mol. The van der Waals surface area contributed by atoms with E-state index in [0.717, 1.165) is 19.5 Å². The Morgan fingerprint density at radius 3 is 2.59 bits per heavy atom. The molecule has 2 heterocycles. The first kappa shape index (κ1) is 20.9. The molecule has 1 aromatic carbocycles. The number of halogens is 1. The maximum absolute atomic E-state index is 12.6. The number of amides is 2. The lowest BCUT2D eigenvalue weighted by Gasteiger charge is -2.11. The molecule has 2 aromatic rings. The number of carbonyl (C=O) groups is 2. The molecule has 1 aromatic heterocycles. The molecule has 1 unspecified atom stereocenters. The van der Waals surface area contributed by atoms with Crippen molar-refractivity contribution in [1.29, 1.82) is 0 Å². The van der Waals surface area contributed by atoms with Crippen molar-refractivity contribution in [1.82, 2.24) is 20.4 Å². The third kappa shape index (κ3) is 4.87. The minimum absolute atomic E-state index is 0. The summed E-state index contributed by atoms with van der Waals surface area (Å²) in [5.74, 6) is 0.557. The Bertz CT molecular complexity index is 782. The average molecular weight is 392 g/mol. The number of benzene rings is 1. The van der Waals surface area contributed by atoms with Crippen LogP contribution in [0.5, 0.6) is 0 Å². The smallest absolute Gasteiger partial charge is 0.256 e. The molecule has 7 nitrogen and oxygen atoms in total. The minimum Gasteiger partial charge on any atom is -0.355 e. The number of hydrogen-bond acceptors (Lipinski definition) is 4.